The van der Waals surface area contributed by atoms with Crippen molar-refractivity contribution in [2.75, 3.05) is 13.6 Å². The standard InChI is InChI=1S/C25H28N8O2S2/c1-13(28-12-20(34)33-17(11-26)7-16-8-18(16)33)10-25(24-29-31-32-30-24)21-14(5-6-36-21)3-4-15-9-19(23(35)27-2)37-22(15)25/h5-6,9,13,16-18,28H,3-4,7-8,10,12H2,1-2H3,(H,27,35)(H,29,30,31,32)/t13-,16+,17?,18-,25?/m0/s1. The number of thiophene rings is 2. The van der Waals surface area contributed by atoms with Gasteiger partial charge in [0.1, 0.15) is 11.5 Å². The number of carbonyl (C=O) groups is 2. The van der Waals surface area contributed by atoms with Crippen LogP contribution in [0.5, 0.6) is 0 Å². The Balaban J connectivity index is 1.34. The average molecular weight is 537 g/mol. The SMILES string of the molecule is CNC(=O)c1cc2c(s1)C(C[C@H](C)NCC(=O)N1C(C#N)C[C@@H]3C[C@@H]31)(c1nn[nH]n1)c1sccc1CC2. The zero-order valence-electron chi connectivity index (χ0n) is 20.7. The minimum absolute atomic E-state index is 0.0200. The smallest absolute Gasteiger partial charge is 0.261 e. The maximum Gasteiger partial charge on any atom is 0.261 e. The van der Waals surface area contributed by atoms with Crippen molar-refractivity contribution >= 4 is 34.5 Å². The number of aromatic amines is 1. The number of fused-ring (bicyclic) bond motifs is 3. The molecule has 2 unspecified atom stereocenters. The van der Waals surface area contributed by atoms with Crippen molar-refractivity contribution < 1.29 is 9.59 Å². The summed E-state index contributed by atoms with van der Waals surface area (Å²) < 4.78 is 0. The van der Waals surface area contributed by atoms with Gasteiger partial charge in [-0.1, -0.05) is 5.21 Å². The van der Waals surface area contributed by atoms with Crippen molar-refractivity contribution in [3.05, 3.63) is 49.1 Å². The van der Waals surface area contributed by atoms with Gasteiger partial charge in [0.05, 0.1) is 17.5 Å². The number of nitriles is 1. The fraction of sp³-hybridized carbons (Fsp3) is 0.520. The Morgan fingerprint density at radius 3 is 2.92 bits per heavy atom. The van der Waals surface area contributed by atoms with Gasteiger partial charge in [-0.3, -0.25) is 9.59 Å². The first-order valence-electron chi connectivity index (χ1n) is 12.6. The van der Waals surface area contributed by atoms with Crippen LogP contribution in [-0.2, 0) is 23.1 Å². The molecule has 1 aliphatic heterocycles. The van der Waals surface area contributed by atoms with Crippen molar-refractivity contribution in [1.29, 1.82) is 5.26 Å². The first kappa shape index (κ1) is 24.2. The number of hydrogen-bond acceptors (Lipinski definition) is 9. The maximum absolute atomic E-state index is 13.1. The molecule has 2 fully saturated rings. The van der Waals surface area contributed by atoms with Crippen LogP contribution in [0, 0.1) is 17.2 Å². The quantitative estimate of drug-likeness (QED) is 0.420. The number of likely N-dealkylation sites (tertiary alicyclic amines) is 1. The van der Waals surface area contributed by atoms with Crippen LogP contribution in [0.3, 0.4) is 0 Å². The predicted molar refractivity (Wildman–Crippen MR) is 138 cm³/mol. The number of rotatable bonds is 7. The molecule has 2 amide bonds. The van der Waals surface area contributed by atoms with Gasteiger partial charge in [-0.2, -0.15) is 10.5 Å². The van der Waals surface area contributed by atoms with Crippen LogP contribution < -0.4 is 10.6 Å². The molecule has 37 heavy (non-hydrogen) atoms. The molecule has 192 valence electrons. The highest BCUT2D eigenvalue weighted by Gasteiger charge is 2.54. The van der Waals surface area contributed by atoms with Crippen LogP contribution in [0.4, 0.5) is 0 Å². The molecule has 0 aromatic carbocycles. The molecule has 10 nitrogen and oxygen atoms in total. The predicted octanol–water partition coefficient (Wildman–Crippen LogP) is 2.00. The van der Waals surface area contributed by atoms with Gasteiger partial charge in [0.25, 0.3) is 5.91 Å². The van der Waals surface area contributed by atoms with Crippen molar-refractivity contribution in [1.82, 2.24) is 36.2 Å². The van der Waals surface area contributed by atoms with E-state index in [0.29, 0.717) is 23.0 Å². The second kappa shape index (κ2) is 9.31. The van der Waals surface area contributed by atoms with Gasteiger partial charge in [0.2, 0.25) is 5.91 Å². The van der Waals surface area contributed by atoms with Gasteiger partial charge in [-0.25, -0.2) is 0 Å². The molecule has 5 atom stereocenters. The number of nitrogens with zero attached hydrogens (tertiary/aromatic N) is 5. The summed E-state index contributed by atoms with van der Waals surface area (Å²) in [6.45, 7) is 2.23. The van der Waals surface area contributed by atoms with E-state index in [4.69, 9.17) is 0 Å². The Labute approximate surface area is 222 Å². The lowest BCUT2D eigenvalue weighted by Gasteiger charge is -2.33. The van der Waals surface area contributed by atoms with Gasteiger partial charge >= 0.3 is 0 Å². The molecule has 1 saturated carbocycles. The molecule has 1 saturated heterocycles. The van der Waals surface area contributed by atoms with E-state index in [0.717, 1.165) is 41.0 Å². The highest BCUT2D eigenvalue weighted by molar-refractivity contribution is 7.15. The molecule has 3 N–H and O–H groups in total. The van der Waals surface area contributed by atoms with Crippen LogP contribution in [-0.4, -0.2) is 69.1 Å². The third-order valence-electron chi connectivity index (χ3n) is 7.93. The largest absolute Gasteiger partial charge is 0.354 e. The Kier molecular flexibility index (Phi) is 6.09. The summed E-state index contributed by atoms with van der Waals surface area (Å²) in [7, 11) is 1.64. The molecule has 4 heterocycles. The Bertz CT molecular complexity index is 1380. The Morgan fingerprint density at radius 1 is 1.32 bits per heavy atom. The highest BCUT2D eigenvalue weighted by atomic mass is 32.1. The summed E-state index contributed by atoms with van der Waals surface area (Å²) in [6, 6.07) is 6.28. The fourth-order valence-electron chi connectivity index (χ4n) is 6.13. The molecular formula is C25H28N8O2S2. The number of tetrazole rings is 1. The van der Waals surface area contributed by atoms with Crippen LogP contribution in [0.1, 0.15) is 62.6 Å². The number of aryl methyl sites for hydroxylation is 2. The zero-order chi connectivity index (χ0) is 25.7. The molecule has 0 spiro atoms. The van der Waals surface area contributed by atoms with E-state index >= 15 is 0 Å². The summed E-state index contributed by atoms with van der Waals surface area (Å²) in [6.07, 6.45) is 4.07. The summed E-state index contributed by atoms with van der Waals surface area (Å²) in [5, 5.41) is 33.3. The van der Waals surface area contributed by atoms with Crippen molar-refractivity contribution in [3.8, 4) is 6.07 Å². The van der Waals surface area contributed by atoms with Crippen LogP contribution in [0.2, 0.25) is 0 Å². The summed E-state index contributed by atoms with van der Waals surface area (Å²) in [5.41, 5.74) is 1.66. The second-order valence-corrected chi connectivity index (χ2v) is 12.2. The van der Waals surface area contributed by atoms with Crippen LogP contribution in [0.25, 0.3) is 0 Å². The molecule has 0 bridgehead atoms. The molecule has 2 aliphatic carbocycles. The molecule has 3 aromatic rings. The number of aromatic nitrogens is 4. The van der Waals surface area contributed by atoms with E-state index in [1.807, 2.05) is 6.07 Å². The molecule has 3 aliphatic rings. The second-order valence-electron chi connectivity index (χ2n) is 10.2. The maximum atomic E-state index is 13.1. The van der Waals surface area contributed by atoms with E-state index < -0.39 is 5.41 Å². The Morgan fingerprint density at radius 2 is 2.16 bits per heavy atom. The van der Waals surface area contributed by atoms with Gasteiger partial charge in [0, 0.05) is 28.9 Å². The van der Waals surface area contributed by atoms with Gasteiger partial charge in [-0.15, -0.1) is 32.9 Å². The van der Waals surface area contributed by atoms with E-state index in [1.165, 1.54) is 16.9 Å². The minimum atomic E-state index is -0.709. The monoisotopic (exact) mass is 536 g/mol. The minimum Gasteiger partial charge on any atom is -0.354 e. The first-order valence-corrected chi connectivity index (χ1v) is 14.3. The summed E-state index contributed by atoms with van der Waals surface area (Å²) in [4.78, 5) is 30.4. The lowest BCUT2D eigenvalue weighted by molar-refractivity contribution is -0.131. The highest BCUT2D eigenvalue weighted by Crippen LogP contribution is 2.51. The van der Waals surface area contributed by atoms with Crippen molar-refractivity contribution in [3.63, 3.8) is 0 Å². The summed E-state index contributed by atoms with van der Waals surface area (Å²) >= 11 is 3.16. The number of carbonyl (C=O) groups excluding carboxylic acids is 2. The Hall–Kier alpha value is -3.14. The third kappa shape index (κ3) is 3.96. The summed E-state index contributed by atoms with van der Waals surface area (Å²) in [5.74, 6) is 0.921. The van der Waals surface area contributed by atoms with Gasteiger partial charge in [-0.05, 0) is 73.6 Å². The molecule has 6 rings (SSSR count). The topological polar surface area (TPSA) is 140 Å². The molecular weight excluding hydrogens is 508 g/mol. The number of nitrogens with one attached hydrogen (secondary N) is 3. The first-order chi connectivity index (χ1) is 18.0. The zero-order valence-corrected chi connectivity index (χ0v) is 22.3. The third-order valence-corrected chi connectivity index (χ3v) is 10.4. The number of piperidine rings is 1. The number of amides is 2. The van der Waals surface area contributed by atoms with E-state index in [2.05, 4.69) is 55.7 Å². The van der Waals surface area contributed by atoms with E-state index in [-0.39, 0.29) is 36.5 Å². The number of hydrogen-bond donors (Lipinski definition) is 3. The number of H-pyrrole nitrogens is 1. The lowest BCUT2D eigenvalue weighted by atomic mass is 9.76. The average Bonchev–Trinajstić information content (AvgIpc) is 3.43. The van der Waals surface area contributed by atoms with E-state index in [9.17, 15) is 14.9 Å². The van der Waals surface area contributed by atoms with E-state index in [1.54, 1.807) is 23.3 Å². The normalized spacial score (nSPS) is 26.4. The lowest BCUT2D eigenvalue weighted by Crippen LogP contribution is -2.46. The van der Waals surface area contributed by atoms with Gasteiger partial charge in [0.15, 0.2) is 5.82 Å². The fourth-order valence-corrected chi connectivity index (χ4v) is 8.72. The van der Waals surface area contributed by atoms with Crippen molar-refractivity contribution in [2.45, 2.75) is 62.6 Å². The van der Waals surface area contributed by atoms with Crippen LogP contribution >= 0.6 is 22.7 Å². The molecule has 3 aromatic heterocycles. The molecule has 12 heteroatoms. The van der Waals surface area contributed by atoms with Gasteiger partial charge < -0.3 is 15.5 Å². The van der Waals surface area contributed by atoms with Crippen LogP contribution in [0.15, 0.2) is 17.5 Å². The molecule has 0 radical (unpaired) electrons. The van der Waals surface area contributed by atoms with Crippen molar-refractivity contribution in [2.24, 2.45) is 5.92 Å².